The van der Waals surface area contributed by atoms with Gasteiger partial charge in [-0.1, -0.05) is 0 Å². The maximum Gasteiger partial charge on any atom is 0.140 e. The van der Waals surface area contributed by atoms with Crippen LogP contribution in [0.5, 0.6) is 11.5 Å². The Morgan fingerprint density at radius 1 is 1.53 bits per heavy atom. The Balaban J connectivity index is 2.04. The molecule has 1 aromatic rings. The van der Waals surface area contributed by atoms with Gasteiger partial charge in [0.1, 0.15) is 24.2 Å². The molecule has 17 heavy (non-hydrogen) atoms. The lowest BCUT2D eigenvalue weighted by atomic mass is 10.2. The summed E-state index contributed by atoms with van der Waals surface area (Å²) in [6, 6.07) is 7.28. The zero-order chi connectivity index (χ0) is 12.1. The number of benzene rings is 1. The minimum atomic E-state index is 0.146. The van der Waals surface area contributed by atoms with Gasteiger partial charge in [0.25, 0.3) is 0 Å². The van der Waals surface area contributed by atoms with Gasteiger partial charge in [-0.3, -0.25) is 0 Å². The Labute approximate surface area is 101 Å². The van der Waals surface area contributed by atoms with Crippen LogP contribution in [-0.2, 0) is 4.74 Å². The first-order valence-electron chi connectivity index (χ1n) is 5.66. The largest absolute Gasteiger partial charge is 0.497 e. The minimum Gasteiger partial charge on any atom is -0.497 e. The summed E-state index contributed by atoms with van der Waals surface area (Å²) in [6.07, 6.45) is 2.25. The summed E-state index contributed by atoms with van der Waals surface area (Å²) in [7, 11) is 1.59. The van der Waals surface area contributed by atoms with Crippen molar-refractivity contribution in [3.8, 4) is 17.6 Å². The summed E-state index contributed by atoms with van der Waals surface area (Å²) < 4.78 is 16.2. The normalized spacial score (nSPS) is 18.7. The van der Waals surface area contributed by atoms with Crippen LogP contribution in [0.4, 0.5) is 0 Å². The summed E-state index contributed by atoms with van der Waals surface area (Å²) in [6.45, 7) is 1.29. The van der Waals surface area contributed by atoms with Gasteiger partial charge in [0.05, 0.1) is 18.8 Å². The fourth-order valence-corrected chi connectivity index (χ4v) is 1.80. The molecule has 2 rings (SSSR count). The van der Waals surface area contributed by atoms with E-state index >= 15 is 0 Å². The van der Waals surface area contributed by atoms with Crippen molar-refractivity contribution in [2.24, 2.45) is 0 Å². The highest BCUT2D eigenvalue weighted by molar-refractivity contribution is 5.47. The quantitative estimate of drug-likeness (QED) is 0.799. The Kier molecular flexibility index (Phi) is 3.84. The molecule has 4 heteroatoms. The van der Waals surface area contributed by atoms with Crippen LogP contribution in [-0.4, -0.2) is 26.4 Å². The maximum absolute atomic E-state index is 8.97. The second kappa shape index (κ2) is 5.55. The molecule has 0 aliphatic carbocycles. The topological polar surface area (TPSA) is 51.5 Å². The maximum atomic E-state index is 8.97. The van der Waals surface area contributed by atoms with Crippen LogP contribution in [0.15, 0.2) is 18.2 Å². The molecule has 0 spiro atoms. The summed E-state index contributed by atoms with van der Waals surface area (Å²) in [4.78, 5) is 0. The number of hydrogen-bond donors (Lipinski definition) is 0. The molecule has 1 atom stereocenters. The van der Waals surface area contributed by atoms with Gasteiger partial charge in [-0.25, -0.2) is 0 Å². The molecule has 0 amide bonds. The van der Waals surface area contributed by atoms with Gasteiger partial charge < -0.3 is 14.2 Å². The van der Waals surface area contributed by atoms with E-state index in [9.17, 15) is 0 Å². The molecule has 1 aliphatic rings. The van der Waals surface area contributed by atoms with E-state index in [2.05, 4.69) is 6.07 Å². The van der Waals surface area contributed by atoms with Crippen LogP contribution in [0, 0.1) is 11.3 Å². The van der Waals surface area contributed by atoms with Crippen molar-refractivity contribution in [3.63, 3.8) is 0 Å². The van der Waals surface area contributed by atoms with Crippen LogP contribution in [0.1, 0.15) is 18.4 Å². The van der Waals surface area contributed by atoms with Crippen LogP contribution in [0.2, 0.25) is 0 Å². The smallest absolute Gasteiger partial charge is 0.140 e. The molecule has 0 bridgehead atoms. The Morgan fingerprint density at radius 3 is 3.06 bits per heavy atom. The highest BCUT2D eigenvalue weighted by atomic mass is 16.5. The van der Waals surface area contributed by atoms with E-state index < -0.39 is 0 Å². The molecule has 1 unspecified atom stereocenters. The molecular weight excluding hydrogens is 218 g/mol. The molecule has 1 aromatic carbocycles. The van der Waals surface area contributed by atoms with Crippen molar-refractivity contribution in [1.29, 1.82) is 5.26 Å². The highest BCUT2D eigenvalue weighted by Crippen LogP contribution is 2.25. The van der Waals surface area contributed by atoms with Crippen LogP contribution < -0.4 is 9.47 Å². The molecule has 0 aromatic heterocycles. The predicted octanol–water partition coefficient (Wildman–Crippen LogP) is 2.12. The molecule has 0 saturated carbocycles. The molecular formula is C13H15NO3. The van der Waals surface area contributed by atoms with Crippen LogP contribution in [0.25, 0.3) is 0 Å². The predicted molar refractivity (Wildman–Crippen MR) is 62.2 cm³/mol. The van der Waals surface area contributed by atoms with E-state index in [4.69, 9.17) is 19.5 Å². The third-order valence-electron chi connectivity index (χ3n) is 2.76. The summed E-state index contributed by atoms with van der Waals surface area (Å²) >= 11 is 0. The highest BCUT2D eigenvalue weighted by Gasteiger charge is 2.17. The third kappa shape index (κ3) is 2.89. The van der Waals surface area contributed by atoms with Crippen molar-refractivity contribution in [2.75, 3.05) is 20.3 Å². The first-order valence-corrected chi connectivity index (χ1v) is 5.66. The third-order valence-corrected chi connectivity index (χ3v) is 2.76. The van der Waals surface area contributed by atoms with E-state index in [1.165, 1.54) is 0 Å². The lowest BCUT2D eigenvalue weighted by Gasteiger charge is -2.13. The second-order valence-corrected chi connectivity index (χ2v) is 3.92. The van der Waals surface area contributed by atoms with Crippen molar-refractivity contribution in [3.05, 3.63) is 23.8 Å². The van der Waals surface area contributed by atoms with E-state index in [-0.39, 0.29) is 6.10 Å². The fraction of sp³-hybridized carbons (Fsp3) is 0.462. The molecule has 1 heterocycles. The second-order valence-electron chi connectivity index (χ2n) is 3.92. The van der Waals surface area contributed by atoms with Crippen LogP contribution in [0.3, 0.4) is 0 Å². The zero-order valence-electron chi connectivity index (χ0n) is 9.81. The first kappa shape index (κ1) is 11.7. The number of nitriles is 1. The van der Waals surface area contributed by atoms with E-state index in [1.54, 1.807) is 25.3 Å². The van der Waals surface area contributed by atoms with Crippen molar-refractivity contribution < 1.29 is 14.2 Å². The van der Waals surface area contributed by atoms with Crippen molar-refractivity contribution in [1.82, 2.24) is 0 Å². The van der Waals surface area contributed by atoms with Gasteiger partial charge in [0.15, 0.2) is 0 Å². The number of methoxy groups -OCH3 is 1. The lowest BCUT2D eigenvalue weighted by molar-refractivity contribution is 0.0678. The summed E-state index contributed by atoms with van der Waals surface area (Å²) in [5, 5.41) is 8.97. The van der Waals surface area contributed by atoms with Gasteiger partial charge in [0.2, 0.25) is 0 Å². The average Bonchev–Trinajstić information content (AvgIpc) is 2.89. The number of rotatable bonds is 4. The van der Waals surface area contributed by atoms with Crippen LogP contribution >= 0.6 is 0 Å². The number of hydrogen-bond acceptors (Lipinski definition) is 4. The van der Waals surface area contributed by atoms with E-state index in [0.717, 1.165) is 19.4 Å². The molecule has 4 nitrogen and oxygen atoms in total. The van der Waals surface area contributed by atoms with E-state index in [1.807, 2.05) is 0 Å². The van der Waals surface area contributed by atoms with Gasteiger partial charge in [-0.2, -0.15) is 5.26 Å². The standard InChI is InChI=1S/C13H15NO3/c1-15-11-5-4-10(8-14)13(7-11)17-9-12-3-2-6-16-12/h4-5,7,12H,2-3,6,9H2,1H3. The first-order chi connectivity index (χ1) is 8.33. The number of ether oxygens (including phenoxy) is 3. The van der Waals surface area contributed by atoms with Crippen molar-refractivity contribution in [2.45, 2.75) is 18.9 Å². The minimum absolute atomic E-state index is 0.146. The van der Waals surface area contributed by atoms with Gasteiger partial charge in [-0.15, -0.1) is 0 Å². The van der Waals surface area contributed by atoms with Gasteiger partial charge >= 0.3 is 0 Å². The summed E-state index contributed by atoms with van der Waals surface area (Å²) in [5.74, 6) is 1.24. The van der Waals surface area contributed by atoms with Crippen molar-refractivity contribution >= 4 is 0 Å². The molecule has 1 saturated heterocycles. The lowest BCUT2D eigenvalue weighted by Crippen LogP contribution is -2.16. The molecule has 0 N–H and O–H groups in total. The SMILES string of the molecule is COc1ccc(C#N)c(OCC2CCCO2)c1. The Bertz CT molecular complexity index is 419. The van der Waals surface area contributed by atoms with Gasteiger partial charge in [-0.05, 0) is 25.0 Å². The molecule has 0 radical (unpaired) electrons. The molecule has 1 fully saturated rings. The number of nitrogens with zero attached hydrogens (tertiary/aromatic N) is 1. The summed E-state index contributed by atoms with van der Waals surface area (Å²) in [5.41, 5.74) is 0.517. The molecule has 90 valence electrons. The Morgan fingerprint density at radius 2 is 2.41 bits per heavy atom. The fourth-order valence-electron chi connectivity index (χ4n) is 1.80. The van der Waals surface area contributed by atoms with Gasteiger partial charge in [0, 0.05) is 12.7 Å². The van der Waals surface area contributed by atoms with E-state index in [0.29, 0.717) is 23.7 Å². The average molecular weight is 233 g/mol. The monoisotopic (exact) mass is 233 g/mol. The Hall–Kier alpha value is -1.73. The zero-order valence-corrected chi connectivity index (χ0v) is 9.81. The molecule has 1 aliphatic heterocycles.